The van der Waals surface area contributed by atoms with Crippen molar-refractivity contribution in [1.82, 2.24) is 9.80 Å². The molecule has 0 N–H and O–H groups in total. The van der Waals surface area contributed by atoms with Crippen LogP contribution >= 0.6 is 0 Å². The average Bonchev–Trinajstić information content (AvgIpc) is 2.52. The fourth-order valence-electron chi connectivity index (χ4n) is 3.76. The van der Waals surface area contributed by atoms with E-state index in [2.05, 4.69) is 65.2 Å². The number of hydrogen-bond acceptors (Lipinski definition) is 5. The van der Waals surface area contributed by atoms with E-state index in [1.807, 2.05) is 0 Å². The molecule has 26 heavy (non-hydrogen) atoms. The minimum atomic E-state index is -1.33. The van der Waals surface area contributed by atoms with E-state index in [1.165, 1.54) is 6.07 Å². The van der Waals surface area contributed by atoms with Crippen LogP contribution in [0, 0.1) is 0 Å². The van der Waals surface area contributed by atoms with E-state index >= 15 is 0 Å². The largest absolute Gasteiger partial charge is 0.545 e. The maximum Gasteiger partial charge on any atom is 0.195 e. The van der Waals surface area contributed by atoms with Crippen molar-refractivity contribution in [3.8, 4) is 0 Å². The molecule has 1 rings (SSSR count). The quantitative estimate of drug-likeness (QED) is 0.500. The zero-order valence-corrected chi connectivity index (χ0v) is 17.3. The Morgan fingerprint density at radius 1 is 0.731 bits per heavy atom. The molecule has 0 unspecified atom stereocenters. The summed E-state index contributed by atoms with van der Waals surface area (Å²) in [5.41, 5.74) is 0.150. The molecule has 146 valence electrons. The summed E-state index contributed by atoms with van der Waals surface area (Å²) >= 11 is 0. The summed E-state index contributed by atoms with van der Waals surface area (Å²) in [5.74, 6) is -1.52. The second-order valence-corrected chi connectivity index (χ2v) is 7.84. The third-order valence-electron chi connectivity index (χ3n) is 4.60. The Hall–Kier alpha value is -1.72. The van der Waals surface area contributed by atoms with Crippen molar-refractivity contribution in [2.45, 2.75) is 85.7 Å². The van der Waals surface area contributed by atoms with E-state index in [0.717, 1.165) is 0 Å². The van der Waals surface area contributed by atoms with Crippen LogP contribution < -0.4 is 5.11 Å². The van der Waals surface area contributed by atoms with Crippen LogP contribution in [0.2, 0.25) is 0 Å². The Labute approximate surface area is 158 Å². The topological polar surface area (TPSA) is 63.7 Å². The van der Waals surface area contributed by atoms with Crippen LogP contribution in [0.1, 0.15) is 76.1 Å². The van der Waals surface area contributed by atoms with Crippen LogP contribution in [-0.2, 0) is 0 Å². The van der Waals surface area contributed by atoms with Crippen molar-refractivity contribution in [3.63, 3.8) is 0 Å². The predicted molar refractivity (Wildman–Crippen MR) is 103 cm³/mol. The molecule has 0 fully saturated rings. The lowest BCUT2D eigenvalue weighted by atomic mass is 9.97. The number of benzene rings is 1. The molecule has 1 aromatic rings. The van der Waals surface area contributed by atoms with E-state index in [9.17, 15) is 14.7 Å². The fraction of sp³-hybridized carbons (Fsp3) is 0.619. The molecule has 0 saturated heterocycles. The number of rotatable bonds is 9. The van der Waals surface area contributed by atoms with E-state index in [-0.39, 0.29) is 41.1 Å². The van der Waals surface area contributed by atoms with Crippen LogP contribution in [0.3, 0.4) is 0 Å². The number of ketones is 1. The van der Waals surface area contributed by atoms with Crippen molar-refractivity contribution in [3.05, 3.63) is 35.4 Å². The number of hydrogen-bond donors (Lipinski definition) is 0. The molecule has 0 aliphatic rings. The third-order valence-corrected chi connectivity index (χ3v) is 4.60. The highest BCUT2D eigenvalue weighted by atomic mass is 16.4. The van der Waals surface area contributed by atoms with Gasteiger partial charge >= 0.3 is 0 Å². The second kappa shape index (κ2) is 9.28. The van der Waals surface area contributed by atoms with Gasteiger partial charge in [0.2, 0.25) is 0 Å². The van der Waals surface area contributed by atoms with Crippen LogP contribution in [0.15, 0.2) is 24.3 Å². The summed E-state index contributed by atoms with van der Waals surface area (Å²) in [5, 5.41) is 11.5. The first-order valence-corrected chi connectivity index (χ1v) is 9.40. The summed E-state index contributed by atoms with van der Waals surface area (Å²) in [7, 11) is 0. The first-order valence-electron chi connectivity index (χ1n) is 9.40. The minimum absolute atomic E-state index is 0.0533. The van der Waals surface area contributed by atoms with E-state index in [4.69, 9.17) is 0 Å². The minimum Gasteiger partial charge on any atom is -0.545 e. The highest BCUT2D eigenvalue weighted by Crippen LogP contribution is 2.24. The highest BCUT2D eigenvalue weighted by Gasteiger charge is 2.38. The number of carboxylic acid groups (broad SMARTS) is 1. The number of carbonyl (C=O) groups excluding carboxylic acids is 2. The summed E-state index contributed by atoms with van der Waals surface area (Å²) in [6.07, 6.45) is -0.546. The first kappa shape index (κ1) is 22.3. The molecular weight excluding hydrogens is 328 g/mol. The zero-order chi connectivity index (χ0) is 20.2. The smallest absolute Gasteiger partial charge is 0.195 e. The van der Waals surface area contributed by atoms with Crippen LogP contribution in [0.4, 0.5) is 0 Å². The number of carboxylic acids is 1. The van der Waals surface area contributed by atoms with Gasteiger partial charge in [0.05, 0.1) is 5.97 Å². The van der Waals surface area contributed by atoms with Crippen molar-refractivity contribution in [2.75, 3.05) is 0 Å². The van der Waals surface area contributed by atoms with Gasteiger partial charge in [-0.1, -0.05) is 24.3 Å². The van der Waals surface area contributed by atoms with Gasteiger partial charge in [0.15, 0.2) is 5.78 Å². The number of carbonyl (C=O) groups is 2. The molecule has 0 aromatic heterocycles. The second-order valence-electron chi connectivity index (χ2n) is 7.84. The summed E-state index contributed by atoms with van der Waals surface area (Å²) in [4.78, 5) is 29.4. The van der Waals surface area contributed by atoms with Crippen LogP contribution in [-0.4, -0.2) is 51.9 Å². The lowest BCUT2D eigenvalue weighted by Gasteiger charge is -2.46. The number of Topliss-reactive ketones (excluding diaryl/α,β-unsaturated/α-hetero) is 1. The summed E-state index contributed by atoms with van der Waals surface area (Å²) in [6, 6.07) is 6.82. The van der Waals surface area contributed by atoms with Crippen molar-refractivity contribution in [1.29, 1.82) is 0 Å². The van der Waals surface area contributed by atoms with Gasteiger partial charge in [-0.05, 0) is 55.4 Å². The van der Waals surface area contributed by atoms with Gasteiger partial charge in [-0.15, -0.1) is 0 Å². The molecule has 0 amide bonds. The maximum absolute atomic E-state index is 13.6. The van der Waals surface area contributed by atoms with Crippen molar-refractivity contribution in [2.24, 2.45) is 0 Å². The monoisotopic (exact) mass is 361 g/mol. The highest BCUT2D eigenvalue weighted by molar-refractivity contribution is 6.07. The van der Waals surface area contributed by atoms with Gasteiger partial charge in [0.25, 0.3) is 0 Å². The molecule has 0 atom stereocenters. The Bertz CT molecular complexity index is 587. The molecule has 0 radical (unpaired) electrons. The summed E-state index contributed by atoms with van der Waals surface area (Å²) in [6.45, 7) is 16.5. The molecule has 0 spiro atoms. The number of nitrogens with zero attached hydrogens (tertiary/aromatic N) is 2. The standard InChI is InChI=1S/C21H34N2O3/c1-13(2)22(14(3)4)20(23(15(5)6)16(7)8)19(24)17-11-9-10-12-18(17)21(25)26/h9-16,20H,1-8H3,(H,25,26)/p-1. The number of aromatic carboxylic acids is 1. The molecule has 0 heterocycles. The van der Waals surface area contributed by atoms with Gasteiger partial charge < -0.3 is 9.90 Å². The van der Waals surface area contributed by atoms with Gasteiger partial charge in [0.1, 0.15) is 6.17 Å². The van der Waals surface area contributed by atoms with Gasteiger partial charge in [-0.25, -0.2) is 0 Å². The van der Waals surface area contributed by atoms with Crippen LogP contribution in [0.5, 0.6) is 0 Å². The average molecular weight is 362 g/mol. The lowest BCUT2D eigenvalue weighted by Crippen LogP contribution is -2.61. The normalized spacial score (nSPS) is 12.4. The molecule has 0 aliphatic heterocycles. The molecule has 0 saturated carbocycles. The van der Waals surface area contributed by atoms with Crippen molar-refractivity contribution >= 4 is 11.8 Å². The summed E-state index contributed by atoms with van der Waals surface area (Å²) < 4.78 is 0. The molecule has 0 bridgehead atoms. The Morgan fingerprint density at radius 3 is 1.38 bits per heavy atom. The Kier molecular flexibility index (Phi) is 7.97. The maximum atomic E-state index is 13.6. The third kappa shape index (κ3) is 4.92. The van der Waals surface area contributed by atoms with Gasteiger partial charge in [0, 0.05) is 35.3 Å². The Balaban J connectivity index is 3.59. The van der Waals surface area contributed by atoms with Gasteiger partial charge in [-0.3, -0.25) is 14.6 Å². The van der Waals surface area contributed by atoms with E-state index in [0.29, 0.717) is 0 Å². The zero-order valence-electron chi connectivity index (χ0n) is 17.3. The molecule has 0 aliphatic carbocycles. The fourth-order valence-corrected chi connectivity index (χ4v) is 3.76. The lowest BCUT2D eigenvalue weighted by molar-refractivity contribution is -0.255. The van der Waals surface area contributed by atoms with E-state index < -0.39 is 12.1 Å². The molecule has 1 aromatic carbocycles. The molecular formula is C21H33N2O3-. The van der Waals surface area contributed by atoms with Crippen LogP contribution in [0.25, 0.3) is 0 Å². The first-order chi connectivity index (χ1) is 12.0. The van der Waals surface area contributed by atoms with Gasteiger partial charge in [-0.2, -0.15) is 0 Å². The SMILES string of the molecule is CC(C)N(C(C)C)C(C(=O)c1ccccc1C(=O)[O-])N(C(C)C)C(C)C. The van der Waals surface area contributed by atoms with Crippen molar-refractivity contribution < 1.29 is 14.7 Å². The molecule has 5 heteroatoms. The predicted octanol–water partition coefficient (Wildman–Crippen LogP) is 2.80. The van der Waals surface area contributed by atoms with E-state index in [1.54, 1.807) is 18.2 Å². The molecule has 5 nitrogen and oxygen atoms in total. The Morgan fingerprint density at radius 2 is 1.08 bits per heavy atom.